The summed E-state index contributed by atoms with van der Waals surface area (Å²) in [7, 11) is 0. The highest BCUT2D eigenvalue weighted by molar-refractivity contribution is 8.00. The average molecular weight is 364 g/mol. The molecule has 0 saturated heterocycles. The summed E-state index contributed by atoms with van der Waals surface area (Å²) in [4.78, 5) is 24.8. The van der Waals surface area contributed by atoms with Crippen LogP contribution in [0.5, 0.6) is 0 Å². The van der Waals surface area contributed by atoms with Gasteiger partial charge in [0.2, 0.25) is 11.8 Å². The third kappa shape index (κ3) is 3.62. The molecular weight excluding hydrogens is 348 g/mol. The SMILES string of the molecule is O=C(Cc1cnn(-c2ccccc2)c1)Nc1ccc2c(c1)NC(=O)CS2. The number of amides is 2. The van der Waals surface area contributed by atoms with Gasteiger partial charge < -0.3 is 10.6 Å². The van der Waals surface area contributed by atoms with Gasteiger partial charge in [-0.3, -0.25) is 9.59 Å². The van der Waals surface area contributed by atoms with Gasteiger partial charge in [-0.05, 0) is 35.9 Å². The van der Waals surface area contributed by atoms with E-state index in [2.05, 4.69) is 15.7 Å². The fourth-order valence-electron chi connectivity index (χ4n) is 2.72. The lowest BCUT2D eigenvalue weighted by molar-refractivity contribution is -0.115. The van der Waals surface area contributed by atoms with Crippen LogP contribution < -0.4 is 10.6 Å². The third-order valence-electron chi connectivity index (χ3n) is 3.92. The monoisotopic (exact) mass is 364 g/mol. The van der Waals surface area contributed by atoms with Crippen LogP contribution in [0.25, 0.3) is 5.69 Å². The number of para-hydroxylation sites is 1. The first-order valence-corrected chi connectivity index (χ1v) is 9.11. The Morgan fingerprint density at radius 3 is 2.92 bits per heavy atom. The minimum absolute atomic E-state index is 0.0284. The van der Waals surface area contributed by atoms with E-state index in [-0.39, 0.29) is 18.2 Å². The average Bonchev–Trinajstić information content (AvgIpc) is 3.10. The molecule has 26 heavy (non-hydrogen) atoms. The molecule has 2 aromatic carbocycles. The molecule has 2 amide bonds. The topological polar surface area (TPSA) is 76.0 Å². The minimum Gasteiger partial charge on any atom is -0.326 e. The van der Waals surface area contributed by atoms with Crippen molar-refractivity contribution < 1.29 is 9.59 Å². The molecule has 0 radical (unpaired) electrons. The van der Waals surface area contributed by atoms with Gasteiger partial charge in [0.25, 0.3) is 0 Å². The van der Waals surface area contributed by atoms with E-state index in [1.54, 1.807) is 16.9 Å². The van der Waals surface area contributed by atoms with Crippen LogP contribution in [0.3, 0.4) is 0 Å². The fourth-order valence-corrected chi connectivity index (χ4v) is 3.51. The first kappa shape index (κ1) is 16.4. The van der Waals surface area contributed by atoms with Gasteiger partial charge in [0, 0.05) is 16.8 Å². The molecule has 0 atom stereocenters. The zero-order valence-corrected chi connectivity index (χ0v) is 14.6. The molecule has 0 unspecified atom stereocenters. The van der Waals surface area contributed by atoms with Gasteiger partial charge in [0.05, 0.1) is 29.7 Å². The summed E-state index contributed by atoms with van der Waals surface area (Å²) in [6.45, 7) is 0. The van der Waals surface area contributed by atoms with Crippen LogP contribution in [0.4, 0.5) is 11.4 Å². The maximum Gasteiger partial charge on any atom is 0.234 e. The second-order valence-electron chi connectivity index (χ2n) is 5.90. The van der Waals surface area contributed by atoms with Crippen LogP contribution in [0.2, 0.25) is 0 Å². The van der Waals surface area contributed by atoms with E-state index >= 15 is 0 Å². The molecule has 1 aliphatic rings. The number of anilines is 2. The highest BCUT2D eigenvalue weighted by atomic mass is 32.2. The summed E-state index contributed by atoms with van der Waals surface area (Å²) in [6.07, 6.45) is 3.76. The van der Waals surface area contributed by atoms with E-state index in [0.717, 1.165) is 21.8 Å². The zero-order valence-electron chi connectivity index (χ0n) is 13.8. The molecule has 3 aromatic rings. The number of fused-ring (bicyclic) bond motifs is 1. The third-order valence-corrected chi connectivity index (χ3v) is 4.99. The zero-order chi connectivity index (χ0) is 17.9. The Labute approximate surface area is 154 Å². The number of nitrogens with zero attached hydrogens (tertiary/aromatic N) is 2. The molecule has 2 N–H and O–H groups in total. The van der Waals surface area contributed by atoms with Gasteiger partial charge in [-0.15, -0.1) is 11.8 Å². The summed E-state index contributed by atoms with van der Waals surface area (Å²) in [6, 6.07) is 15.3. The number of rotatable bonds is 4. The maximum atomic E-state index is 12.3. The number of hydrogen-bond acceptors (Lipinski definition) is 4. The van der Waals surface area contributed by atoms with E-state index in [1.165, 1.54) is 11.8 Å². The number of benzene rings is 2. The van der Waals surface area contributed by atoms with Crippen LogP contribution in [0.1, 0.15) is 5.56 Å². The summed E-state index contributed by atoms with van der Waals surface area (Å²) in [5.41, 5.74) is 3.17. The van der Waals surface area contributed by atoms with Gasteiger partial charge in [0.1, 0.15) is 0 Å². The molecule has 1 aliphatic heterocycles. The van der Waals surface area contributed by atoms with Gasteiger partial charge in [-0.25, -0.2) is 4.68 Å². The van der Waals surface area contributed by atoms with Crippen LogP contribution >= 0.6 is 11.8 Å². The smallest absolute Gasteiger partial charge is 0.234 e. The number of hydrogen-bond donors (Lipinski definition) is 2. The van der Waals surface area contributed by atoms with Crippen molar-refractivity contribution >= 4 is 35.0 Å². The summed E-state index contributed by atoms with van der Waals surface area (Å²) in [5.74, 6) is 0.260. The van der Waals surface area contributed by atoms with Gasteiger partial charge >= 0.3 is 0 Å². The molecule has 1 aromatic heterocycles. The van der Waals surface area contributed by atoms with E-state index in [0.29, 0.717) is 11.4 Å². The standard InChI is InChI=1S/C19H16N4O2S/c24-18(8-13-10-20-23(11-13)15-4-2-1-3-5-15)21-14-6-7-17-16(9-14)22-19(25)12-26-17/h1-7,9-11H,8,12H2,(H,21,24)(H,22,25). The van der Waals surface area contributed by atoms with Crippen molar-refractivity contribution in [2.45, 2.75) is 11.3 Å². The number of carbonyl (C=O) groups excluding carboxylic acids is 2. The fraction of sp³-hybridized carbons (Fsp3) is 0.105. The van der Waals surface area contributed by atoms with E-state index in [9.17, 15) is 9.59 Å². The summed E-state index contributed by atoms with van der Waals surface area (Å²) in [5, 5.41) is 9.99. The van der Waals surface area contributed by atoms with E-state index < -0.39 is 0 Å². The van der Waals surface area contributed by atoms with Crippen LogP contribution in [-0.4, -0.2) is 27.3 Å². The normalized spacial score (nSPS) is 13.0. The Morgan fingerprint density at radius 2 is 2.08 bits per heavy atom. The van der Waals surface area contributed by atoms with Crippen molar-refractivity contribution in [3.63, 3.8) is 0 Å². The lowest BCUT2D eigenvalue weighted by Gasteiger charge is -2.17. The predicted octanol–water partition coefficient (Wildman–Crippen LogP) is 3.10. The molecule has 0 bridgehead atoms. The number of carbonyl (C=O) groups is 2. The lowest BCUT2D eigenvalue weighted by Crippen LogP contribution is -2.19. The van der Waals surface area contributed by atoms with Crippen molar-refractivity contribution in [2.75, 3.05) is 16.4 Å². The number of nitrogens with one attached hydrogen (secondary N) is 2. The number of aromatic nitrogens is 2. The largest absolute Gasteiger partial charge is 0.326 e. The van der Waals surface area contributed by atoms with E-state index in [1.807, 2.05) is 48.7 Å². The molecule has 0 fully saturated rings. The van der Waals surface area contributed by atoms with Crippen LogP contribution in [0, 0.1) is 0 Å². The highest BCUT2D eigenvalue weighted by Gasteiger charge is 2.16. The summed E-state index contributed by atoms with van der Waals surface area (Å²) >= 11 is 1.49. The van der Waals surface area contributed by atoms with Crippen molar-refractivity contribution in [3.8, 4) is 5.69 Å². The van der Waals surface area contributed by atoms with Crippen LogP contribution in [0.15, 0.2) is 65.8 Å². The van der Waals surface area contributed by atoms with Crippen molar-refractivity contribution in [3.05, 3.63) is 66.5 Å². The van der Waals surface area contributed by atoms with Gasteiger partial charge in [-0.1, -0.05) is 18.2 Å². The number of thioether (sulfide) groups is 1. The first-order chi connectivity index (χ1) is 12.7. The molecule has 0 saturated carbocycles. The first-order valence-electron chi connectivity index (χ1n) is 8.13. The molecule has 0 aliphatic carbocycles. The molecule has 130 valence electrons. The van der Waals surface area contributed by atoms with Gasteiger partial charge in [0.15, 0.2) is 0 Å². The van der Waals surface area contributed by atoms with Gasteiger partial charge in [-0.2, -0.15) is 5.10 Å². The Hall–Kier alpha value is -3.06. The highest BCUT2D eigenvalue weighted by Crippen LogP contribution is 2.33. The van der Waals surface area contributed by atoms with Crippen molar-refractivity contribution in [1.29, 1.82) is 0 Å². The minimum atomic E-state index is -0.132. The molecule has 0 spiro atoms. The Balaban J connectivity index is 1.42. The lowest BCUT2D eigenvalue weighted by atomic mass is 10.2. The predicted molar refractivity (Wildman–Crippen MR) is 102 cm³/mol. The van der Waals surface area contributed by atoms with E-state index in [4.69, 9.17) is 0 Å². The molecular formula is C19H16N4O2S. The van der Waals surface area contributed by atoms with Crippen LogP contribution in [-0.2, 0) is 16.0 Å². The molecule has 2 heterocycles. The van der Waals surface area contributed by atoms with Crippen molar-refractivity contribution in [2.24, 2.45) is 0 Å². The Kier molecular flexibility index (Phi) is 4.45. The second kappa shape index (κ2) is 7.05. The Morgan fingerprint density at radius 1 is 1.23 bits per heavy atom. The molecule has 6 nitrogen and oxygen atoms in total. The quantitative estimate of drug-likeness (QED) is 0.746. The molecule has 4 rings (SSSR count). The van der Waals surface area contributed by atoms with Crippen molar-refractivity contribution in [1.82, 2.24) is 9.78 Å². The summed E-state index contributed by atoms with van der Waals surface area (Å²) < 4.78 is 1.74. The molecule has 7 heteroatoms. The Bertz CT molecular complexity index is 969. The second-order valence-corrected chi connectivity index (χ2v) is 6.92. The maximum absolute atomic E-state index is 12.3.